The van der Waals surface area contributed by atoms with Crippen molar-refractivity contribution < 1.29 is 9.59 Å². The molecule has 2 aromatic rings. The van der Waals surface area contributed by atoms with E-state index in [4.69, 9.17) is 0 Å². The van der Waals surface area contributed by atoms with Crippen molar-refractivity contribution >= 4 is 23.2 Å². The second-order valence-electron chi connectivity index (χ2n) is 9.75. The van der Waals surface area contributed by atoms with Gasteiger partial charge in [-0.15, -0.1) is 0 Å². The summed E-state index contributed by atoms with van der Waals surface area (Å²) in [6, 6.07) is 18.4. The van der Waals surface area contributed by atoms with Crippen molar-refractivity contribution in [2.45, 2.75) is 44.1 Å². The topological polar surface area (TPSA) is 55.9 Å². The smallest absolute Gasteiger partial charge is 0.247 e. The molecule has 0 atom stereocenters. The highest BCUT2D eigenvalue weighted by Crippen LogP contribution is 2.41. The van der Waals surface area contributed by atoms with Gasteiger partial charge in [-0.25, -0.2) is 0 Å². The maximum Gasteiger partial charge on any atom is 0.247 e. The molecule has 32 heavy (non-hydrogen) atoms. The Labute approximate surface area is 190 Å². The summed E-state index contributed by atoms with van der Waals surface area (Å²) in [5.74, 6) is 0.347. The lowest BCUT2D eigenvalue weighted by Crippen LogP contribution is -2.56. The highest BCUT2D eigenvalue weighted by atomic mass is 16.2. The van der Waals surface area contributed by atoms with E-state index in [1.165, 1.54) is 0 Å². The van der Waals surface area contributed by atoms with Gasteiger partial charge in [-0.05, 0) is 63.4 Å². The SMILES string of the molecule is CC1(C)C(=O)N(CCCN2CCC3(CC2)C(=O)NCN3c2ccccc2)c2ccccc21. The molecule has 2 amide bonds. The van der Waals surface area contributed by atoms with Crippen molar-refractivity contribution in [3.8, 4) is 0 Å². The summed E-state index contributed by atoms with van der Waals surface area (Å²) in [6.45, 7) is 8.08. The number of nitrogens with zero attached hydrogens (tertiary/aromatic N) is 3. The van der Waals surface area contributed by atoms with Gasteiger partial charge >= 0.3 is 0 Å². The molecule has 5 rings (SSSR count). The third-order valence-corrected chi connectivity index (χ3v) is 7.59. The molecular weight excluding hydrogens is 400 g/mol. The van der Waals surface area contributed by atoms with Crippen LogP contribution in [0.3, 0.4) is 0 Å². The Morgan fingerprint density at radius 3 is 2.34 bits per heavy atom. The van der Waals surface area contributed by atoms with Crippen LogP contribution >= 0.6 is 0 Å². The molecule has 1 spiro atoms. The Bertz CT molecular complexity index is 1010. The van der Waals surface area contributed by atoms with E-state index in [1.54, 1.807) is 0 Å². The molecule has 0 saturated carbocycles. The number of carbonyl (C=O) groups excluding carboxylic acids is 2. The van der Waals surface area contributed by atoms with E-state index in [0.717, 1.165) is 62.4 Å². The first kappa shape index (κ1) is 21.0. The van der Waals surface area contributed by atoms with Gasteiger partial charge in [0.1, 0.15) is 5.54 Å². The third-order valence-electron chi connectivity index (χ3n) is 7.59. The number of benzene rings is 2. The van der Waals surface area contributed by atoms with Gasteiger partial charge in [0.05, 0.1) is 12.1 Å². The molecule has 2 aromatic carbocycles. The molecule has 0 radical (unpaired) electrons. The molecule has 2 saturated heterocycles. The van der Waals surface area contributed by atoms with E-state index < -0.39 is 11.0 Å². The molecule has 2 fully saturated rings. The fourth-order valence-corrected chi connectivity index (χ4v) is 5.65. The third kappa shape index (κ3) is 3.28. The summed E-state index contributed by atoms with van der Waals surface area (Å²) >= 11 is 0. The fourth-order valence-electron chi connectivity index (χ4n) is 5.65. The highest BCUT2D eigenvalue weighted by Gasteiger charge is 2.50. The molecule has 0 unspecified atom stereocenters. The van der Waals surface area contributed by atoms with Crippen LogP contribution < -0.4 is 15.1 Å². The van der Waals surface area contributed by atoms with Gasteiger partial charge in [0, 0.05) is 31.0 Å². The molecule has 3 aliphatic rings. The van der Waals surface area contributed by atoms with Crippen molar-refractivity contribution in [3.63, 3.8) is 0 Å². The Morgan fingerprint density at radius 2 is 1.59 bits per heavy atom. The number of anilines is 2. The predicted molar refractivity (Wildman–Crippen MR) is 127 cm³/mol. The van der Waals surface area contributed by atoms with Gasteiger partial charge in [-0.2, -0.15) is 0 Å². The highest BCUT2D eigenvalue weighted by molar-refractivity contribution is 6.07. The van der Waals surface area contributed by atoms with Crippen LogP contribution in [0.1, 0.15) is 38.7 Å². The van der Waals surface area contributed by atoms with Crippen LogP contribution in [0.2, 0.25) is 0 Å². The van der Waals surface area contributed by atoms with Crippen molar-refractivity contribution in [1.29, 1.82) is 0 Å². The lowest BCUT2D eigenvalue weighted by Gasteiger charge is -2.43. The quantitative estimate of drug-likeness (QED) is 0.789. The molecule has 1 N–H and O–H groups in total. The minimum absolute atomic E-state index is 0.155. The number of hydrogen-bond donors (Lipinski definition) is 1. The summed E-state index contributed by atoms with van der Waals surface area (Å²) < 4.78 is 0. The van der Waals surface area contributed by atoms with E-state index in [2.05, 4.69) is 39.4 Å². The zero-order chi connectivity index (χ0) is 22.3. The van der Waals surface area contributed by atoms with Gasteiger partial charge < -0.3 is 20.0 Å². The summed E-state index contributed by atoms with van der Waals surface area (Å²) in [4.78, 5) is 32.5. The van der Waals surface area contributed by atoms with Crippen LogP contribution in [0.25, 0.3) is 0 Å². The van der Waals surface area contributed by atoms with Crippen LogP contribution in [0.4, 0.5) is 11.4 Å². The molecule has 6 nitrogen and oxygen atoms in total. The molecule has 0 bridgehead atoms. The van der Waals surface area contributed by atoms with Gasteiger partial charge in [0.2, 0.25) is 11.8 Å². The minimum Gasteiger partial charge on any atom is -0.339 e. The molecule has 168 valence electrons. The number of fused-ring (bicyclic) bond motifs is 1. The van der Waals surface area contributed by atoms with E-state index in [1.807, 2.05) is 49.1 Å². The summed E-state index contributed by atoms with van der Waals surface area (Å²) in [7, 11) is 0. The van der Waals surface area contributed by atoms with Gasteiger partial charge in [-0.3, -0.25) is 9.59 Å². The largest absolute Gasteiger partial charge is 0.339 e. The number of carbonyl (C=O) groups is 2. The summed E-state index contributed by atoms with van der Waals surface area (Å²) in [5, 5.41) is 3.07. The Morgan fingerprint density at radius 1 is 0.906 bits per heavy atom. The van der Waals surface area contributed by atoms with E-state index in [0.29, 0.717) is 6.67 Å². The summed E-state index contributed by atoms with van der Waals surface area (Å²) in [6.07, 6.45) is 2.58. The monoisotopic (exact) mass is 432 g/mol. The lowest BCUT2D eigenvalue weighted by atomic mass is 9.85. The lowest BCUT2D eigenvalue weighted by molar-refractivity contribution is -0.125. The molecule has 0 aliphatic carbocycles. The van der Waals surface area contributed by atoms with Crippen molar-refractivity contribution in [2.24, 2.45) is 0 Å². The second kappa shape index (κ2) is 7.93. The molecule has 3 aliphatic heterocycles. The van der Waals surface area contributed by atoms with E-state index in [9.17, 15) is 9.59 Å². The second-order valence-corrected chi connectivity index (χ2v) is 9.75. The number of rotatable bonds is 5. The van der Waals surface area contributed by atoms with Crippen LogP contribution in [0.15, 0.2) is 54.6 Å². The Balaban J connectivity index is 1.19. The average Bonchev–Trinajstić information content (AvgIpc) is 3.22. The summed E-state index contributed by atoms with van der Waals surface area (Å²) in [5.41, 5.74) is 2.39. The standard InChI is InChI=1S/C26H32N4O2/c1-25(2)21-11-6-7-12-22(21)29(24(25)32)16-8-15-28-17-13-26(14-18-28)23(31)27-19-30(26)20-9-4-3-5-10-20/h3-7,9-12H,8,13-19H2,1-2H3,(H,27,31). The van der Waals surface area contributed by atoms with Gasteiger partial charge in [0.25, 0.3) is 0 Å². The first-order valence-electron chi connectivity index (χ1n) is 11.7. The molecule has 0 aromatic heterocycles. The van der Waals surface area contributed by atoms with Crippen LogP contribution in [-0.4, -0.2) is 55.1 Å². The average molecular weight is 433 g/mol. The number of likely N-dealkylation sites (tertiary alicyclic amines) is 1. The number of hydrogen-bond acceptors (Lipinski definition) is 4. The van der Waals surface area contributed by atoms with Crippen molar-refractivity contribution in [2.75, 3.05) is 42.6 Å². The first-order valence-corrected chi connectivity index (χ1v) is 11.7. The first-order chi connectivity index (χ1) is 15.4. The van der Waals surface area contributed by atoms with Crippen LogP contribution in [0, 0.1) is 0 Å². The maximum absolute atomic E-state index is 13.0. The van der Waals surface area contributed by atoms with E-state index in [-0.39, 0.29) is 11.8 Å². The van der Waals surface area contributed by atoms with Crippen LogP contribution in [0.5, 0.6) is 0 Å². The normalized spacial score (nSPS) is 21.8. The maximum atomic E-state index is 13.0. The molecular formula is C26H32N4O2. The zero-order valence-corrected chi connectivity index (χ0v) is 19.0. The van der Waals surface area contributed by atoms with Crippen LogP contribution in [-0.2, 0) is 15.0 Å². The van der Waals surface area contributed by atoms with Crippen molar-refractivity contribution in [1.82, 2.24) is 10.2 Å². The van der Waals surface area contributed by atoms with Crippen molar-refractivity contribution in [3.05, 3.63) is 60.2 Å². The van der Waals surface area contributed by atoms with Gasteiger partial charge in [0.15, 0.2) is 0 Å². The predicted octanol–water partition coefficient (Wildman–Crippen LogP) is 3.13. The number of amides is 2. The van der Waals surface area contributed by atoms with Gasteiger partial charge in [-0.1, -0.05) is 36.4 Å². The Hall–Kier alpha value is -2.86. The fraction of sp³-hybridized carbons (Fsp3) is 0.462. The molecule has 6 heteroatoms. The minimum atomic E-state index is -0.454. The number of piperidine rings is 1. The number of para-hydroxylation sites is 2. The molecule has 3 heterocycles. The Kier molecular flexibility index (Phi) is 5.20. The zero-order valence-electron chi connectivity index (χ0n) is 19.0. The van der Waals surface area contributed by atoms with E-state index >= 15 is 0 Å². The number of nitrogens with one attached hydrogen (secondary N) is 1.